The van der Waals surface area contributed by atoms with E-state index in [0.717, 1.165) is 5.56 Å². The zero-order valence-corrected chi connectivity index (χ0v) is 22.0. The minimum Gasteiger partial charge on any atom is -0.455 e. The molecule has 1 aliphatic carbocycles. The van der Waals surface area contributed by atoms with Crippen molar-refractivity contribution in [3.05, 3.63) is 103 Å². The van der Waals surface area contributed by atoms with Gasteiger partial charge in [0.1, 0.15) is 22.7 Å². The Labute approximate surface area is 230 Å². The molecular formula is C30H27FN6O3. The Balaban J connectivity index is 1.28. The van der Waals surface area contributed by atoms with E-state index in [1.165, 1.54) is 24.3 Å². The van der Waals surface area contributed by atoms with E-state index in [0.29, 0.717) is 52.8 Å². The van der Waals surface area contributed by atoms with E-state index in [1.54, 1.807) is 53.5 Å². The smallest absolute Gasteiger partial charge is 0.240 e. The fourth-order valence-corrected chi connectivity index (χ4v) is 4.11. The fraction of sp³-hybridized carbons (Fsp3) is 0.167. The summed E-state index contributed by atoms with van der Waals surface area (Å²) in [6.45, 7) is 5.72. The van der Waals surface area contributed by atoms with Gasteiger partial charge in [-0.2, -0.15) is 5.10 Å². The third kappa shape index (κ3) is 5.65. The summed E-state index contributed by atoms with van der Waals surface area (Å²) < 4.78 is 21.0. The van der Waals surface area contributed by atoms with Crippen molar-refractivity contribution >= 4 is 34.6 Å². The number of aliphatic imine (C=N–C) groups is 1. The van der Waals surface area contributed by atoms with Crippen LogP contribution in [0, 0.1) is 18.2 Å². The maximum absolute atomic E-state index is 13.2. The number of nitrogens with zero attached hydrogens (tertiary/aromatic N) is 4. The third-order valence-corrected chi connectivity index (χ3v) is 6.56. The molecule has 0 saturated heterocycles. The molecular weight excluding hydrogens is 511 g/mol. The molecule has 1 aliphatic rings. The molecule has 0 spiro atoms. The number of rotatable bonds is 9. The third-order valence-electron chi connectivity index (χ3n) is 6.56. The highest BCUT2D eigenvalue weighted by atomic mass is 19.1. The van der Waals surface area contributed by atoms with Crippen LogP contribution in [0.15, 0.2) is 90.8 Å². The lowest BCUT2D eigenvalue weighted by atomic mass is 10.0. The lowest BCUT2D eigenvalue weighted by Crippen LogP contribution is -2.35. The van der Waals surface area contributed by atoms with Crippen LogP contribution < -0.4 is 15.4 Å². The minimum atomic E-state index is -1.15. The second-order valence-corrected chi connectivity index (χ2v) is 9.47. The van der Waals surface area contributed by atoms with Gasteiger partial charge in [-0.15, -0.1) is 0 Å². The maximum Gasteiger partial charge on any atom is 0.240 e. The summed E-state index contributed by atoms with van der Waals surface area (Å²) >= 11 is 0. The Morgan fingerprint density at radius 2 is 1.68 bits per heavy atom. The predicted molar refractivity (Wildman–Crippen MR) is 150 cm³/mol. The zero-order chi connectivity index (χ0) is 28.3. The summed E-state index contributed by atoms with van der Waals surface area (Å²) in [7, 11) is 1.83. The van der Waals surface area contributed by atoms with E-state index < -0.39 is 23.0 Å². The highest BCUT2D eigenvalue weighted by Crippen LogP contribution is 2.47. The van der Waals surface area contributed by atoms with Crippen molar-refractivity contribution in [2.45, 2.75) is 19.8 Å². The summed E-state index contributed by atoms with van der Waals surface area (Å²) in [4.78, 5) is 34.9. The van der Waals surface area contributed by atoms with Crippen LogP contribution in [-0.2, 0) is 16.6 Å². The quantitative estimate of drug-likeness (QED) is 0.209. The predicted octanol–water partition coefficient (Wildman–Crippen LogP) is 5.72. The molecule has 0 unspecified atom stereocenters. The molecule has 0 bridgehead atoms. The zero-order valence-electron chi connectivity index (χ0n) is 22.0. The molecule has 2 heterocycles. The molecule has 10 heteroatoms. The second-order valence-electron chi connectivity index (χ2n) is 9.47. The van der Waals surface area contributed by atoms with Crippen LogP contribution >= 0.6 is 0 Å². The van der Waals surface area contributed by atoms with E-state index in [9.17, 15) is 14.0 Å². The van der Waals surface area contributed by atoms with Gasteiger partial charge in [0, 0.05) is 42.4 Å². The van der Waals surface area contributed by atoms with Crippen LogP contribution in [0.3, 0.4) is 0 Å². The number of carbonyl (C=O) groups is 2. The average molecular weight is 539 g/mol. The van der Waals surface area contributed by atoms with Gasteiger partial charge in [-0.05, 0) is 74.4 Å². The van der Waals surface area contributed by atoms with Crippen LogP contribution in [0.4, 0.5) is 21.5 Å². The molecule has 1 fully saturated rings. The van der Waals surface area contributed by atoms with Crippen molar-refractivity contribution in [3.63, 3.8) is 0 Å². The van der Waals surface area contributed by atoms with Crippen LogP contribution in [0.2, 0.25) is 0 Å². The summed E-state index contributed by atoms with van der Waals surface area (Å²) in [5.41, 5.74) is 2.48. The number of halogens is 1. The molecule has 0 radical (unpaired) electrons. The van der Waals surface area contributed by atoms with E-state index in [4.69, 9.17) is 9.73 Å². The largest absolute Gasteiger partial charge is 0.455 e. The Morgan fingerprint density at radius 3 is 2.23 bits per heavy atom. The number of allylic oxidation sites excluding steroid dienone is 1. The van der Waals surface area contributed by atoms with E-state index in [1.807, 2.05) is 20.2 Å². The van der Waals surface area contributed by atoms with Crippen molar-refractivity contribution in [1.82, 2.24) is 14.8 Å². The molecule has 1 saturated carbocycles. The van der Waals surface area contributed by atoms with E-state index >= 15 is 0 Å². The van der Waals surface area contributed by atoms with Crippen molar-refractivity contribution in [2.75, 3.05) is 10.6 Å². The molecule has 5 rings (SSSR count). The van der Waals surface area contributed by atoms with E-state index in [-0.39, 0.29) is 0 Å². The molecule has 2 N–H and O–H groups in total. The van der Waals surface area contributed by atoms with Crippen LogP contribution in [0.25, 0.3) is 0 Å². The van der Waals surface area contributed by atoms with Gasteiger partial charge in [-0.1, -0.05) is 6.58 Å². The molecule has 202 valence electrons. The van der Waals surface area contributed by atoms with Gasteiger partial charge in [0.15, 0.2) is 5.75 Å². The lowest BCUT2D eigenvalue weighted by Gasteiger charge is -2.16. The van der Waals surface area contributed by atoms with Crippen LogP contribution in [0.1, 0.15) is 24.1 Å². The van der Waals surface area contributed by atoms with Crippen LogP contribution in [-0.4, -0.2) is 32.3 Å². The number of carbonyl (C=O) groups excluding carboxylic acids is 2. The topological polar surface area (TPSA) is 110 Å². The number of benzene rings is 2. The molecule has 40 heavy (non-hydrogen) atoms. The molecule has 2 amide bonds. The SMILES string of the molecule is C=C/C(=N\c1c(Oc2ccc(NC(=O)C3(C(=O)Nc4ccc(F)cc4)CC3)cc2)ccnc1C)c1cnn(C)c1. The number of aryl methyl sites for hydroxylation is 2. The van der Waals surface area contributed by atoms with Gasteiger partial charge >= 0.3 is 0 Å². The van der Waals surface area contributed by atoms with Crippen molar-refractivity contribution in [1.29, 1.82) is 0 Å². The standard InChI is InChI=1S/C30H27FN6O3/c1-4-25(20-17-33-37(3)18-20)36-27-19(2)32-16-13-26(27)40-24-11-9-23(10-12-24)35-29(39)30(14-15-30)28(38)34-22-7-5-21(31)6-8-22/h4-13,16-18H,1,14-15H2,2-3H3,(H,34,38)(H,35,39)/b36-25+. The lowest BCUT2D eigenvalue weighted by molar-refractivity contribution is -0.131. The highest BCUT2D eigenvalue weighted by molar-refractivity contribution is 6.17. The molecule has 0 atom stereocenters. The first-order valence-corrected chi connectivity index (χ1v) is 12.6. The van der Waals surface area contributed by atoms with Crippen molar-refractivity contribution in [3.8, 4) is 11.5 Å². The number of aromatic nitrogens is 3. The molecule has 4 aromatic rings. The van der Waals surface area contributed by atoms with E-state index in [2.05, 4.69) is 27.3 Å². The minimum absolute atomic E-state index is 0.394. The summed E-state index contributed by atoms with van der Waals surface area (Å²) in [6, 6.07) is 14.0. The van der Waals surface area contributed by atoms with Gasteiger partial charge in [0.2, 0.25) is 11.8 Å². The Kier molecular flexibility index (Phi) is 7.24. The maximum atomic E-state index is 13.2. The average Bonchev–Trinajstić information content (AvgIpc) is 3.66. The van der Waals surface area contributed by atoms with Crippen molar-refractivity contribution < 1.29 is 18.7 Å². The number of hydrogen-bond donors (Lipinski definition) is 2. The van der Waals surface area contributed by atoms with Gasteiger partial charge in [0.25, 0.3) is 0 Å². The molecule has 2 aromatic heterocycles. The molecule has 2 aromatic carbocycles. The Morgan fingerprint density at radius 1 is 1.05 bits per heavy atom. The summed E-state index contributed by atoms with van der Waals surface area (Å²) in [6.07, 6.45) is 7.71. The Hall–Kier alpha value is -5.12. The van der Waals surface area contributed by atoms with Crippen LogP contribution in [0.5, 0.6) is 11.5 Å². The molecule has 9 nitrogen and oxygen atoms in total. The first-order valence-electron chi connectivity index (χ1n) is 12.6. The van der Waals surface area contributed by atoms with Gasteiger partial charge in [-0.25, -0.2) is 9.38 Å². The first kappa shape index (κ1) is 26.5. The number of nitrogens with one attached hydrogen (secondary N) is 2. The Bertz CT molecular complexity index is 1610. The van der Waals surface area contributed by atoms with Gasteiger partial charge < -0.3 is 15.4 Å². The number of amides is 2. The summed E-state index contributed by atoms with van der Waals surface area (Å²) in [5.74, 6) is -0.186. The second kappa shape index (κ2) is 10.9. The number of anilines is 2. The first-order chi connectivity index (χ1) is 19.3. The fourth-order valence-electron chi connectivity index (χ4n) is 4.11. The molecule has 0 aliphatic heterocycles. The number of pyridine rings is 1. The normalized spacial score (nSPS) is 13.8. The monoisotopic (exact) mass is 538 g/mol. The summed E-state index contributed by atoms with van der Waals surface area (Å²) in [5, 5.41) is 9.72. The number of ether oxygens (including phenoxy) is 1. The van der Waals surface area contributed by atoms with Crippen molar-refractivity contribution in [2.24, 2.45) is 17.5 Å². The van der Waals surface area contributed by atoms with Gasteiger partial charge in [0.05, 0.1) is 17.6 Å². The van der Waals surface area contributed by atoms with Gasteiger partial charge in [-0.3, -0.25) is 19.3 Å². The highest BCUT2D eigenvalue weighted by Gasteiger charge is 2.56. The number of hydrogen-bond acceptors (Lipinski definition) is 6.